The molecular weight excluding hydrogens is 362 g/mol. The van der Waals surface area contributed by atoms with Crippen molar-refractivity contribution in [1.29, 1.82) is 0 Å². The van der Waals surface area contributed by atoms with Gasteiger partial charge in [-0.15, -0.1) is 0 Å². The van der Waals surface area contributed by atoms with E-state index < -0.39 is 58.1 Å². The topological polar surface area (TPSA) is 239 Å². The van der Waals surface area contributed by atoms with Gasteiger partial charge in [0.05, 0.1) is 0 Å². The van der Waals surface area contributed by atoms with Gasteiger partial charge in [-0.3, -0.25) is 4.55 Å². The molecule has 14 nitrogen and oxygen atoms in total. The highest BCUT2D eigenvalue weighted by atomic mass is 32.2. The van der Waals surface area contributed by atoms with Crippen LogP contribution in [0.5, 0.6) is 0 Å². The standard InChI is InChI=1S/C10H17N7O7S/c11-6-15-5-3(2-24-8(13)18)14-7(12)17-1-4(25(21,22)23)10(19,20)9(5,17)16-6/h3-5,19-20H,1-2H2,(H2,12,14)(H2,13,18)(H3,11,15,16)(H,21,22,23)/t3-,4-,5-,9-/m0/s1. The monoisotopic (exact) mass is 379 g/mol. The normalized spacial score (nSPS) is 36.0. The quantitative estimate of drug-likeness (QED) is 0.181. The van der Waals surface area contributed by atoms with Gasteiger partial charge < -0.3 is 42.4 Å². The number of primary amides is 1. The van der Waals surface area contributed by atoms with Crippen molar-refractivity contribution in [2.24, 2.45) is 27.2 Å². The minimum absolute atomic E-state index is 0.243. The molecular formula is C10H17N7O7S. The van der Waals surface area contributed by atoms with E-state index >= 15 is 0 Å². The van der Waals surface area contributed by atoms with Crippen molar-refractivity contribution in [3.05, 3.63) is 0 Å². The number of carbonyl (C=O) groups excluding carboxylic acids is 1. The molecule has 0 aromatic carbocycles. The Morgan fingerprint density at radius 1 is 1.40 bits per heavy atom. The lowest BCUT2D eigenvalue weighted by atomic mass is 9.86. The molecule has 0 bridgehead atoms. The molecule has 0 unspecified atom stereocenters. The molecule has 0 aromatic heterocycles. The van der Waals surface area contributed by atoms with Crippen LogP contribution in [0, 0.1) is 0 Å². The zero-order valence-corrected chi connectivity index (χ0v) is 13.4. The number of guanidine groups is 2. The van der Waals surface area contributed by atoms with Crippen LogP contribution in [0.1, 0.15) is 0 Å². The van der Waals surface area contributed by atoms with Crippen LogP contribution in [0.25, 0.3) is 0 Å². The molecule has 0 saturated carbocycles. The summed E-state index contributed by atoms with van der Waals surface area (Å²) in [6.07, 6.45) is -1.10. The van der Waals surface area contributed by atoms with Gasteiger partial charge in [0.1, 0.15) is 18.7 Å². The van der Waals surface area contributed by atoms with Crippen LogP contribution >= 0.6 is 0 Å². The average Bonchev–Trinajstić information content (AvgIpc) is 2.91. The van der Waals surface area contributed by atoms with E-state index in [2.05, 4.69) is 20.0 Å². The molecule has 3 aliphatic heterocycles. The predicted octanol–water partition coefficient (Wildman–Crippen LogP) is -4.99. The number of nitrogens with one attached hydrogen (secondary N) is 1. The summed E-state index contributed by atoms with van der Waals surface area (Å²) in [7, 11) is -4.89. The summed E-state index contributed by atoms with van der Waals surface area (Å²) < 4.78 is 37.3. The van der Waals surface area contributed by atoms with E-state index in [1.165, 1.54) is 0 Å². The fourth-order valence-corrected chi connectivity index (χ4v) is 4.44. The molecule has 10 N–H and O–H groups in total. The number of carbonyl (C=O) groups is 1. The molecule has 140 valence electrons. The first-order chi connectivity index (χ1) is 11.4. The summed E-state index contributed by atoms with van der Waals surface area (Å²) in [5.74, 6) is -3.58. The highest BCUT2D eigenvalue weighted by molar-refractivity contribution is 7.86. The second-order valence-electron chi connectivity index (χ2n) is 5.88. The molecule has 1 fully saturated rings. The summed E-state index contributed by atoms with van der Waals surface area (Å²) in [6, 6.07) is -2.22. The number of nitrogens with zero attached hydrogens (tertiary/aromatic N) is 3. The van der Waals surface area contributed by atoms with E-state index in [1.807, 2.05) is 0 Å². The molecule has 0 radical (unpaired) electrons. The first kappa shape index (κ1) is 17.5. The van der Waals surface area contributed by atoms with Gasteiger partial charge in [0, 0.05) is 6.54 Å². The van der Waals surface area contributed by atoms with Crippen LogP contribution in [0.4, 0.5) is 4.79 Å². The summed E-state index contributed by atoms with van der Waals surface area (Å²) in [5.41, 5.74) is 14.3. The van der Waals surface area contributed by atoms with E-state index in [0.717, 1.165) is 4.90 Å². The molecule has 0 aliphatic carbocycles. The molecule has 1 spiro atoms. The van der Waals surface area contributed by atoms with E-state index in [-0.39, 0.29) is 11.9 Å². The maximum atomic E-state index is 11.6. The molecule has 3 aliphatic rings. The summed E-state index contributed by atoms with van der Waals surface area (Å²) >= 11 is 0. The van der Waals surface area contributed by atoms with E-state index in [9.17, 15) is 28.0 Å². The van der Waals surface area contributed by atoms with Crippen LogP contribution in [-0.4, -0.2) is 88.0 Å². The number of rotatable bonds is 3. The summed E-state index contributed by atoms with van der Waals surface area (Å²) in [6.45, 7) is -1.00. The van der Waals surface area contributed by atoms with Gasteiger partial charge in [-0.2, -0.15) is 8.42 Å². The third kappa shape index (κ3) is 2.27. The Bertz CT molecular complexity index is 780. The lowest BCUT2D eigenvalue weighted by molar-refractivity contribution is -0.219. The lowest BCUT2D eigenvalue weighted by Crippen LogP contribution is -2.77. The predicted molar refractivity (Wildman–Crippen MR) is 81.4 cm³/mol. The van der Waals surface area contributed by atoms with Gasteiger partial charge in [0.2, 0.25) is 5.79 Å². The fraction of sp³-hybridized carbons (Fsp3) is 0.700. The molecule has 1 amide bonds. The lowest BCUT2D eigenvalue weighted by Gasteiger charge is -2.48. The highest BCUT2D eigenvalue weighted by Crippen LogP contribution is 2.46. The number of aliphatic hydroxyl groups is 2. The molecule has 3 rings (SSSR count). The van der Waals surface area contributed by atoms with Crippen molar-refractivity contribution < 1.29 is 32.7 Å². The molecule has 1 saturated heterocycles. The summed E-state index contributed by atoms with van der Waals surface area (Å²) in [5, 5.41) is 21.7. The van der Waals surface area contributed by atoms with Crippen molar-refractivity contribution in [1.82, 2.24) is 10.2 Å². The van der Waals surface area contributed by atoms with Gasteiger partial charge in [0.25, 0.3) is 10.1 Å². The Hall–Kier alpha value is -2.36. The van der Waals surface area contributed by atoms with Gasteiger partial charge in [-0.25, -0.2) is 14.8 Å². The van der Waals surface area contributed by atoms with Crippen LogP contribution in [0.2, 0.25) is 0 Å². The molecule has 3 heterocycles. The zero-order valence-electron chi connectivity index (χ0n) is 12.6. The Morgan fingerprint density at radius 2 is 2.04 bits per heavy atom. The third-order valence-electron chi connectivity index (χ3n) is 4.50. The Labute approximate surface area is 141 Å². The largest absolute Gasteiger partial charge is 0.447 e. The smallest absolute Gasteiger partial charge is 0.404 e. The molecule has 15 heteroatoms. The van der Waals surface area contributed by atoms with Crippen molar-refractivity contribution in [2.45, 2.75) is 28.8 Å². The first-order valence-electron chi connectivity index (χ1n) is 6.97. The minimum Gasteiger partial charge on any atom is -0.447 e. The SMILES string of the molecule is NC(=O)OC[C@@H]1N=C(N)N2C[C@H](S(=O)(=O)O)C(O)(O)[C@@]23NC(N)=N[C@@H]13. The molecule has 4 atom stereocenters. The van der Waals surface area contributed by atoms with E-state index in [1.54, 1.807) is 0 Å². The fourth-order valence-electron chi connectivity index (χ4n) is 3.51. The number of nitrogens with two attached hydrogens (primary N) is 3. The number of ether oxygens (including phenoxy) is 1. The van der Waals surface area contributed by atoms with Crippen LogP contribution in [0.15, 0.2) is 9.98 Å². The van der Waals surface area contributed by atoms with Crippen LogP contribution in [0.3, 0.4) is 0 Å². The maximum absolute atomic E-state index is 11.6. The summed E-state index contributed by atoms with van der Waals surface area (Å²) in [4.78, 5) is 19.9. The Morgan fingerprint density at radius 3 is 2.60 bits per heavy atom. The second kappa shape index (κ2) is 5.07. The molecule has 0 aromatic rings. The third-order valence-corrected chi connectivity index (χ3v) is 5.70. The van der Waals surface area contributed by atoms with Gasteiger partial charge >= 0.3 is 6.09 Å². The number of aliphatic imine (C=N–C) groups is 2. The minimum atomic E-state index is -4.89. The van der Waals surface area contributed by atoms with Gasteiger partial charge in [-0.05, 0) is 0 Å². The van der Waals surface area contributed by atoms with Crippen molar-refractivity contribution >= 4 is 28.1 Å². The first-order valence-corrected chi connectivity index (χ1v) is 8.47. The van der Waals surface area contributed by atoms with E-state index in [4.69, 9.17) is 17.2 Å². The van der Waals surface area contributed by atoms with Crippen molar-refractivity contribution in [2.75, 3.05) is 13.2 Å². The van der Waals surface area contributed by atoms with Gasteiger partial charge in [0.15, 0.2) is 22.8 Å². The Balaban J connectivity index is 2.10. The highest BCUT2D eigenvalue weighted by Gasteiger charge is 2.75. The van der Waals surface area contributed by atoms with Crippen molar-refractivity contribution in [3.63, 3.8) is 0 Å². The van der Waals surface area contributed by atoms with E-state index in [0.29, 0.717) is 0 Å². The average molecular weight is 379 g/mol. The molecule has 25 heavy (non-hydrogen) atoms. The number of amides is 1. The maximum Gasteiger partial charge on any atom is 0.404 e. The van der Waals surface area contributed by atoms with Crippen LogP contribution in [-0.2, 0) is 14.9 Å². The Kier molecular flexibility index (Phi) is 3.54. The van der Waals surface area contributed by atoms with Crippen molar-refractivity contribution in [3.8, 4) is 0 Å². The zero-order chi connectivity index (χ0) is 18.8. The number of hydrogen-bond acceptors (Lipinski definition) is 12. The second-order valence-corrected chi connectivity index (χ2v) is 7.47. The van der Waals surface area contributed by atoms with Gasteiger partial charge in [-0.1, -0.05) is 0 Å². The van der Waals surface area contributed by atoms with Crippen LogP contribution < -0.4 is 22.5 Å². The number of hydrogen-bond donors (Lipinski definition) is 7.